The van der Waals surface area contributed by atoms with Gasteiger partial charge in [0.15, 0.2) is 0 Å². The third-order valence-electron chi connectivity index (χ3n) is 4.74. The molecule has 0 fully saturated rings. The zero-order valence-electron chi connectivity index (χ0n) is 16.4. The summed E-state index contributed by atoms with van der Waals surface area (Å²) in [6.45, 7) is 0. The molecule has 0 N–H and O–H groups in total. The summed E-state index contributed by atoms with van der Waals surface area (Å²) in [6.07, 6.45) is 0. The number of nitrogens with zero attached hydrogens (tertiary/aromatic N) is 1. The minimum absolute atomic E-state index is 0.144. The van der Waals surface area contributed by atoms with Crippen molar-refractivity contribution in [3.05, 3.63) is 121 Å². The number of benzene rings is 4. The van der Waals surface area contributed by atoms with E-state index in [1.54, 1.807) is 0 Å². The van der Waals surface area contributed by atoms with Gasteiger partial charge in [-0.25, -0.2) is 0 Å². The van der Waals surface area contributed by atoms with Crippen molar-refractivity contribution < 1.29 is 0 Å². The van der Waals surface area contributed by atoms with Gasteiger partial charge in [-0.3, -0.25) is 0 Å². The summed E-state index contributed by atoms with van der Waals surface area (Å²) in [7, 11) is -1.35. The van der Waals surface area contributed by atoms with E-state index in [0.717, 1.165) is 0 Å². The summed E-state index contributed by atoms with van der Waals surface area (Å²) in [6, 6.07) is 43.2. The third kappa shape index (κ3) is 4.90. The second-order valence-electron chi connectivity index (χ2n) is 6.62. The Morgan fingerprint density at radius 2 is 0.767 bits per heavy atom. The SMILES string of the molecule is N#C[Se]C(P(c1ccccc1)c1ccccc1)P(c1ccccc1)c1ccccc1. The first-order valence-corrected chi connectivity index (χ1v) is 14.4. The first-order valence-electron chi connectivity index (χ1n) is 9.72. The van der Waals surface area contributed by atoms with Gasteiger partial charge in [0.1, 0.15) is 0 Å². The molecule has 4 aromatic rings. The van der Waals surface area contributed by atoms with Crippen molar-refractivity contribution in [1.29, 1.82) is 5.26 Å². The van der Waals surface area contributed by atoms with Gasteiger partial charge >= 0.3 is 188 Å². The molecule has 0 amide bonds. The monoisotopic (exact) mass is 489 g/mol. The van der Waals surface area contributed by atoms with Gasteiger partial charge < -0.3 is 0 Å². The molecule has 0 saturated carbocycles. The van der Waals surface area contributed by atoms with Crippen molar-refractivity contribution >= 4 is 52.0 Å². The van der Waals surface area contributed by atoms with Crippen molar-refractivity contribution in [2.45, 2.75) is 4.30 Å². The van der Waals surface area contributed by atoms with Crippen LogP contribution in [0.15, 0.2) is 121 Å². The van der Waals surface area contributed by atoms with Gasteiger partial charge in [0.2, 0.25) is 0 Å². The molecule has 4 heteroatoms. The summed E-state index contributed by atoms with van der Waals surface area (Å²) < 4.78 is 0.294. The number of hydrogen-bond acceptors (Lipinski definition) is 1. The van der Waals surface area contributed by atoms with E-state index in [-0.39, 0.29) is 15.0 Å². The van der Waals surface area contributed by atoms with Crippen LogP contribution in [0.5, 0.6) is 0 Å². The minimum atomic E-state index is -0.673. The van der Waals surface area contributed by atoms with Crippen LogP contribution >= 0.6 is 15.8 Å². The van der Waals surface area contributed by atoms with E-state index in [0.29, 0.717) is 4.30 Å². The number of nitriles is 1. The molecule has 0 bridgehead atoms. The molecule has 0 radical (unpaired) electrons. The molecule has 0 spiro atoms. The molecule has 0 aliphatic carbocycles. The van der Waals surface area contributed by atoms with Gasteiger partial charge in [-0.2, -0.15) is 0 Å². The molecule has 0 saturated heterocycles. The average Bonchev–Trinajstić information content (AvgIpc) is 2.82. The summed E-state index contributed by atoms with van der Waals surface area (Å²) in [4.78, 5) is 2.60. The van der Waals surface area contributed by atoms with Crippen molar-refractivity contribution in [1.82, 2.24) is 0 Å². The molecule has 4 aromatic carbocycles. The molecule has 1 nitrogen and oxygen atoms in total. The van der Waals surface area contributed by atoms with Crippen molar-refractivity contribution in [2.75, 3.05) is 0 Å². The summed E-state index contributed by atoms with van der Waals surface area (Å²) in [5.74, 6) is 0. The Hall–Kier alpha value is -2.25. The van der Waals surface area contributed by atoms with E-state index >= 15 is 0 Å². The fraction of sp³-hybridized carbons (Fsp3) is 0.0385. The van der Waals surface area contributed by atoms with Crippen molar-refractivity contribution in [3.63, 3.8) is 0 Å². The number of hydrogen-bond donors (Lipinski definition) is 0. The first-order chi connectivity index (χ1) is 14.9. The molecule has 0 aliphatic heterocycles. The van der Waals surface area contributed by atoms with Crippen LogP contribution in [-0.2, 0) is 0 Å². The third-order valence-corrected chi connectivity index (χ3v) is 14.8. The summed E-state index contributed by atoms with van der Waals surface area (Å²) >= 11 is -0.144. The Bertz CT molecular complexity index is 921. The topological polar surface area (TPSA) is 23.8 Å². The van der Waals surface area contributed by atoms with Crippen LogP contribution in [0.25, 0.3) is 0 Å². The van der Waals surface area contributed by atoms with E-state index in [1.807, 2.05) is 0 Å². The molecule has 0 heterocycles. The Morgan fingerprint density at radius 3 is 1.00 bits per heavy atom. The predicted octanol–water partition coefficient (Wildman–Crippen LogP) is 4.72. The Balaban J connectivity index is 1.91. The normalized spacial score (nSPS) is 11.0. The molecule has 0 unspecified atom stereocenters. The standard InChI is InChI=1S/C26H21NP2Se/c27-21-30-26(28(22-13-5-1-6-14-22)23-15-7-2-8-16-23)29(24-17-9-3-10-18-24)25-19-11-4-12-20-25/h1-20,26H. The maximum absolute atomic E-state index is 9.92. The maximum atomic E-state index is 9.92. The van der Waals surface area contributed by atoms with Gasteiger partial charge in [-0.1, -0.05) is 0 Å². The fourth-order valence-corrected chi connectivity index (χ4v) is 14.8. The zero-order chi connectivity index (χ0) is 20.6. The quantitative estimate of drug-likeness (QED) is 0.273. The molecule has 0 atom stereocenters. The van der Waals surface area contributed by atoms with Crippen molar-refractivity contribution in [3.8, 4) is 4.97 Å². The average molecular weight is 488 g/mol. The fourth-order valence-electron chi connectivity index (χ4n) is 3.43. The van der Waals surface area contributed by atoms with Gasteiger partial charge in [0.05, 0.1) is 0 Å². The van der Waals surface area contributed by atoms with Crippen LogP contribution in [0.1, 0.15) is 0 Å². The van der Waals surface area contributed by atoms with E-state index in [9.17, 15) is 5.26 Å². The molecule has 146 valence electrons. The van der Waals surface area contributed by atoms with E-state index in [1.165, 1.54) is 21.2 Å². The Morgan fingerprint density at radius 1 is 0.500 bits per heavy atom. The van der Waals surface area contributed by atoms with Crippen LogP contribution in [-0.4, -0.2) is 19.3 Å². The molecule has 4 rings (SSSR count). The van der Waals surface area contributed by atoms with E-state index < -0.39 is 15.8 Å². The van der Waals surface area contributed by atoms with Crippen LogP contribution in [0.2, 0.25) is 0 Å². The van der Waals surface area contributed by atoms with E-state index in [2.05, 4.69) is 126 Å². The Labute approximate surface area is 187 Å². The molecular formula is C26H21NP2Se. The second kappa shape index (κ2) is 10.7. The molecule has 30 heavy (non-hydrogen) atoms. The molecule has 0 aliphatic rings. The molecule has 0 aromatic heterocycles. The van der Waals surface area contributed by atoms with Crippen molar-refractivity contribution in [2.24, 2.45) is 0 Å². The summed E-state index contributed by atoms with van der Waals surface area (Å²) in [5.41, 5.74) is 0. The number of rotatable bonds is 7. The Kier molecular flexibility index (Phi) is 7.48. The van der Waals surface area contributed by atoms with Gasteiger partial charge in [0, 0.05) is 0 Å². The van der Waals surface area contributed by atoms with Crippen LogP contribution in [0.3, 0.4) is 0 Å². The van der Waals surface area contributed by atoms with Gasteiger partial charge in [0.25, 0.3) is 0 Å². The first kappa shape index (κ1) is 21.0. The van der Waals surface area contributed by atoms with Gasteiger partial charge in [-0.15, -0.1) is 0 Å². The van der Waals surface area contributed by atoms with E-state index in [4.69, 9.17) is 0 Å². The zero-order valence-corrected chi connectivity index (χ0v) is 19.9. The predicted molar refractivity (Wildman–Crippen MR) is 133 cm³/mol. The van der Waals surface area contributed by atoms with Crippen LogP contribution in [0.4, 0.5) is 0 Å². The molecular weight excluding hydrogens is 467 g/mol. The van der Waals surface area contributed by atoms with Crippen LogP contribution in [0, 0.1) is 10.2 Å². The van der Waals surface area contributed by atoms with Gasteiger partial charge in [-0.05, 0) is 0 Å². The summed E-state index contributed by atoms with van der Waals surface area (Å²) in [5, 5.41) is 15.3. The second-order valence-corrected chi connectivity index (χ2v) is 15.0. The van der Waals surface area contributed by atoms with Crippen LogP contribution < -0.4 is 21.2 Å².